The maximum absolute atomic E-state index is 6.25. The first-order valence-corrected chi connectivity index (χ1v) is 20.5. The normalized spacial score (nSPS) is 8.00. The molecule has 32 heavy (non-hydrogen) atoms. The Hall–Kier alpha value is 0.517. The van der Waals surface area contributed by atoms with Gasteiger partial charge in [0.25, 0.3) is 0 Å². The Morgan fingerprint density at radius 1 is 0.500 bits per heavy atom. The van der Waals surface area contributed by atoms with Crippen molar-refractivity contribution in [2.45, 2.75) is 0 Å². The van der Waals surface area contributed by atoms with Gasteiger partial charge in [0.05, 0.1) is 0 Å². The smallest absolute Gasteiger partial charge is 0.512 e. The summed E-state index contributed by atoms with van der Waals surface area (Å²) in [5.74, 6) is 3.13. The van der Waals surface area contributed by atoms with Gasteiger partial charge in [0.15, 0.2) is 11.8 Å². The molecule has 0 N–H and O–H groups in total. The largest absolute Gasteiger partial charge is 2.00 e. The van der Waals surface area contributed by atoms with Crippen LogP contribution >= 0.6 is 31.7 Å². The molecule has 8 heteroatoms. The zero-order chi connectivity index (χ0) is 24.2. The summed E-state index contributed by atoms with van der Waals surface area (Å²) in [6.07, 6.45) is 0. The Morgan fingerprint density at radius 2 is 0.688 bits per heavy atom. The Bertz CT molecular complexity index is 436. The molecule has 0 saturated heterocycles. The molecule has 2 aromatic rings. The fraction of sp³-hybridized carbons (Fsp3) is 0.417. The molecular formula is C24H42N2P4Pt2+2. The Kier molecular flexibility index (Phi) is 59.9. The van der Waals surface area contributed by atoms with Gasteiger partial charge in [-0.2, -0.15) is 72.8 Å². The third kappa shape index (κ3) is 63.2. The van der Waals surface area contributed by atoms with Crippen molar-refractivity contribution in [3.8, 4) is 0 Å². The van der Waals surface area contributed by atoms with Gasteiger partial charge in [-0.15, -0.1) is 0 Å². The summed E-state index contributed by atoms with van der Waals surface area (Å²) in [5, 5.41) is 12.5. The van der Waals surface area contributed by atoms with E-state index in [9.17, 15) is 0 Å². The second kappa shape index (κ2) is 41.7. The molecule has 2 rings (SSSR count). The Morgan fingerprint density at radius 3 is 0.719 bits per heavy atom. The first-order chi connectivity index (χ1) is 14.3. The molecule has 0 saturated carbocycles. The maximum Gasteiger partial charge on any atom is 2.00 e. The van der Waals surface area contributed by atoms with E-state index in [2.05, 4.69) is 65.5 Å². The molecule has 2 aromatic carbocycles. The molecule has 0 aliphatic carbocycles. The second-order valence-corrected chi connectivity index (χ2v) is 19.8. The van der Waals surface area contributed by atoms with Crippen LogP contribution in [0, 0.1) is 35.8 Å². The first kappa shape index (κ1) is 45.9. The number of benzene rings is 2. The standard InChI is InChI=1S/2C6H5.2C5H14P2.2CN.2Pt/c2*1-2-4-6-5-3-1;2*1-6(2)5-7(3)4;2*1-2;;/h2*1-5H;2*5H2,1-4H3;;;;/q2*-1;;;2*-1;;+2/p+4. The minimum Gasteiger partial charge on any atom is -0.512 e. The second-order valence-electron chi connectivity index (χ2n) is 7.34. The van der Waals surface area contributed by atoms with E-state index in [0.29, 0.717) is 0 Å². The zero-order valence-corrected chi connectivity index (χ0v) is 29.3. The zero-order valence-electron chi connectivity index (χ0n) is 20.7. The number of hydrogen-bond acceptors (Lipinski definition) is 2. The molecule has 0 aliphatic heterocycles. The molecule has 0 aromatic heterocycles. The summed E-state index contributed by atoms with van der Waals surface area (Å²) < 4.78 is 0. The predicted molar refractivity (Wildman–Crippen MR) is 151 cm³/mol. The molecule has 0 amide bonds. The fourth-order valence-electron chi connectivity index (χ4n) is 2.10. The van der Waals surface area contributed by atoms with Gasteiger partial charge in [-0.1, -0.05) is 0 Å². The van der Waals surface area contributed by atoms with Crippen LogP contribution in [0.4, 0.5) is 0 Å². The van der Waals surface area contributed by atoms with E-state index >= 15 is 0 Å². The van der Waals surface area contributed by atoms with Crippen molar-refractivity contribution < 1.29 is 42.1 Å². The van der Waals surface area contributed by atoms with Crippen molar-refractivity contribution in [1.29, 1.82) is 10.5 Å². The molecular weight excluding hydrogens is 830 g/mol. The van der Waals surface area contributed by atoms with Gasteiger partial charge in [-0.3, -0.25) is 0 Å². The third-order valence-electron chi connectivity index (χ3n) is 2.63. The number of rotatable bonds is 4. The summed E-state index contributed by atoms with van der Waals surface area (Å²) in [7, 11) is 0.444. The van der Waals surface area contributed by atoms with Gasteiger partial charge in [0.1, 0.15) is 0 Å². The monoisotopic (exact) mass is 872 g/mol. The van der Waals surface area contributed by atoms with E-state index in [1.165, 1.54) is 0 Å². The molecule has 0 spiro atoms. The summed E-state index contributed by atoms with van der Waals surface area (Å²) in [5.41, 5.74) is 0. The van der Waals surface area contributed by atoms with Gasteiger partial charge in [-0.25, -0.2) is 0 Å². The SMILES string of the molecule is C[PH+](C)C[PH+](C)C.C[PH+](C)C[PH+](C)C.[C-]#N.[C-]#N.[Pt+2].[Pt].[c-]1ccccc1.[c-]1ccccc1. The number of hydrogen-bond donors (Lipinski definition) is 0. The van der Waals surface area contributed by atoms with Crippen molar-refractivity contribution in [2.75, 3.05) is 65.1 Å². The molecule has 186 valence electrons. The van der Waals surface area contributed by atoms with Crippen LogP contribution in [0.25, 0.3) is 0 Å². The van der Waals surface area contributed by atoms with E-state index in [4.69, 9.17) is 23.7 Å². The van der Waals surface area contributed by atoms with Crippen LogP contribution in [0.3, 0.4) is 0 Å². The average Bonchev–Trinajstić information content (AvgIpc) is 2.73. The molecule has 0 heterocycles. The van der Waals surface area contributed by atoms with Gasteiger partial charge in [0, 0.05) is 106 Å². The first-order valence-electron chi connectivity index (χ1n) is 9.68. The quantitative estimate of drug-likeness (QED) is 0.247. The Balaban J connectivity index is -0.0000000655. The minimum absolute atomic E-state index is 0. The van der Waals surface area contributed by atoms with Crippen molar-refractivity contribution in [2.24, 2.45) is 0 Å². The van der Waals surface area contributed by atoms with Crippen LogP contribution in [0.15, 0.2) is 60.7 Å². The topological polar surface area (TPSA) is 47.6 Å². The van der Waals surface area contributed by atoms with Crippen molar-refractivity contribution in [3.63, 3.8) is 0 Å². The van der Waals surface area contributed by atoms with E-state index in [-0.39, 0.29) is 73.8 Å². The van der Waals surface area contributed by atoms with E-state index in [1.54, 1.807) is 11.8 Å². The summed E-state index contributed by atoms with van der Waals surface area (Å²) in [6, 6.07) is 25.0. The Labute approximate surface area is 233 Å². The van der Waals surface area contributed by atoms with Crippen molar-refractivity contribution in [1.82, 2.24) is 0 Å². The van der Waals surface area contributed by atoms with Crippen LogP contribution in [0.5, 0.6) is 0 Å². The summed E-state index contributed by atoms with van der Waals surface area (Å²) >= 11 is 0. The molecule has 0 radical (unpaired) electrons. The average molecular weight is 873 g/mol. The number of nitrogens with zero attached hydrogens (tertiary/aromatic N) is 2. The van der Waals surface area contributed by atoms with E-state index < -0.39 is 0 Å². The van der Waals surface area contributed by atoms with E-state index in [1.807, 2.05) is 60.7 Å². The molecule has 0 unspecified atom stereocenters. The molecule has 2 nitrogen and oxygen atoms in total. The van der Waals surface area contributed by atoms with Gasteiger partial charge in [-0.05, 0) is 0 Å². The van der Waals surface area contributed by atoms with Crippen LogP contribution in [0.2, 0.25) is 0 Å². The molecule has 0 aliphatic rings. The molecule has 0 bridgehead atoms. The minimum atomic E-state index is 0. The van der Waals surface area contributed by atoms with Gasteiger partial charge >= 0.3 is 21.1 Å². The van der Waals surface area contributed by atoms with Gasteiger partial charge in [0.2, 0.25) is 0 Å². The van der Waals surface area contributed by atoms with Crippen LogP contribution in [-0.2, 0) is 42.1 Å². The van der Waals surface area contributed by atoms with Crippen LogP contribution < -0.4 is 0 Å². The molecule has 0 fully saturated rings. The molecule has 0 atom stereocenters. The van der Waals surface area contributed by atoms with Crippen LogP contribution in [0.1, 0.15) is 0 Å². The van der Waals surface area contributed by atoms with Gasteiger partial charge < -0.3 is 23.7 Å². The summed E-state index contributed by atoms with van der Waals surface area (Å²) in [6.45, 7) is 28.6. The summed E-state index contributed by atoms with van der Waals surface area (Å²) in [4.78, 5) is 0. The van der Waals surface area contributed by atoms with E-state index in [0.717, 1.165) is 0 Å². The fourth-order valence-corrected chi connectivity index (χ4v) is 13.4. The maximum atomic E-state index is 6.25. The van der Waals surface area contributed by atoms with Crippen molar-refractivity contribution in [3.05, 3.63) is 85.9 Å². The van der Waals surface area contributed by atoms with Crippen LogP contribution in [-0.4, -0.2) is 65.1 Å². The third-order valence-corrected chi connectivity index (χ3v) is 13.9. The predicted octanol–water partition coefficient (Wildman–Crippen LogP) is 6.94. The van der Waals surface area contributed by atoms with Crippen molar-refractivity contribution >= 4 is 31.7 Å².